The van der Waals surface area contributed by atoms with Crippen LogP contribution in [0.15, 0.2) is 113 Å². The van der Waals surface area contributed by atoms with Gasteiger partial charge in [0, 0.05) is 17.4 Å². The number of hydrogen-bond donors (Lipinski definition) is 3. The zero-order valence-corrected chi connectivity index (χ0v) is 20.1. The Bertz CT molecular complexity index is 1560. The summed E-state index contributed by atoms with van der Waals surface area (Å²) >= 11 is 0. The third-order valence-electron chi connectivity index (χ3n) is 6.10. The SMILES string of the molecule is Cc1ccc2[nH]c(C(O)NCc3ccc(S(=O)(=O)c4ccc(-c5ccccc5)cc4)cc3)cc2c1. The first-order chi connectivity index (χ1) is 16.9. The Morgan fingerprint density at radius 1 is 0.800 bits per heavy atom. The molecule has 1 unspecified atom stereocenters. The summed E-state index contributed by atoms with van der Waals surface area (Å²) < 4.78 is 26.2. The molecule has 0 aliphatic carbocycles. The van der Waals surface area contributed by atoms with Crippen LogP contribution in [0.4, 0.5) is 0 Å². The van der Waals surface area contributed by atoms with Crippen LogP contribution in [0.25, 0.3) is 22.0 Å². The molecule has 6 heteroatoms. The molecule has 4 aromatic carbocycles. The fourth-order valence-electron chi connectivity index (χ4n) is 4.13. The molecule has 5 nitrogen and oxygen atoms in total. The van der Waals surface area contributed by atoms with E-state index in [0.717, 1.165) is 33.2 Å². The maximum atomic E-state index is 13.1. The Morgan fingerprint density at radius 3 is 2.11 bits per heavy atom. The van der Waals surface area contributed by atoms with E-state index in [1.54, 1.807) is 36.4 Å². The number of aryl methyl sites for hydroxylation is 1. The summed E-state index contributed by atoms with van der Waals surface area (Å²) in [7, 11) is -3.62. The normalized spacial score (nSPS) is 12.6. The van der Waals surface area contributed by atoms with Crippen molar-refractivity contribution in [3.63, 3.8) is 0 Å². The minimum Gasteiger partial charge on any atom is -0.373 e. The van der Waals surface area contributed by atoms with E-state index in [-0.39, 0.29) is 9.79 Å². The number of aromatic nitrogens is 1. The van der Waals surface area contributed by atoms with Crippen LogP contribution in [0.2, 0.25) is 0 Å². The van der Waals surface area contributed by atoms with Gasteiger partial charge >= 0.3 is 0 Å². The molecule has 0 spiro atoms. The van der Waals surface area contributed by atoms with E-state index in [0.29, 0.717) is 12.2 Å². The van der Waals surface area contributed by atoms with E-state index in [4.69, 9.17) is 0 Å². The fourth-order valence-corrected chi connectivity index (χ4v) is 5.39. The number of fused-ring (bicyclic) bond motifs is 1. The quantitative estimate of drug-likeness (QED) is 0.258. The van der Waals surface area contributed by atoms with Crippen molar-refractivity contribution in [2.75, 3.05) is 0 Å². The van der Waals surface area contributed by atoms with Crippen LogP contribution in [-0.4, -0.2) is 18.5 Å². The summed E-state index contributed by atoms with van der Waals surface area (Å²) in [5.41, 5.74) is 5.69. The lowest BCUT2D eigenvalue weighted by atomic mass is 10.1. The molecule has 176 valence electrons. The van der Waals surface area contributed by atoms with E-state index in [9.17, 15) is 13.5 Å². The van der Waals surface area contributed by atoms with Crippen molar-refractivity contribution < 1.29 is 13.5 Å². The second-order valence-corrected chi connectivity index (χ2v) is 10.6. The molecule has 0 bridgehead atoms. The van der Waals surface area contributed by atoms with E-state index in [1.807, 2.05) is 67.6 Å². The Labute approximate surface area is 205 Å². The predicted molar refractivity (Wildman–Crippen MR) is 139 cm³/mol. The highest BCUT2D eigenvalue weighted by Crippen LogP contribution is 2.26. The summed E-state index contributed by atoms with van der Waals surface area (Å²) in [6, 6.07) is 31.5. The Hall–Kier alpha value is -3.71. The van der Waals surface area contributed by atoms with Gasteiger partial charge in [-0.15, -0.1) is 0 Å². The summed E-state index contributed by atoms with van der Waals surface area (Å²) in [4.78, 5) is 3.72. The van der Waals surface area contributed by atoms with Crippen molar-refractivity contribution in [3.8, 4) is 11.1 Å². The fraction of sp³-hybridized carbons (Fsp3) is 0.103. The molecule has 0 aliphatic heterocycles. The number of aliphatic hydroxyl groups is 1. The van der Waals surface area contributed by atoms with Crippen LogP contribution in [0.5, 0.6) is 0 Å². The van der Waals surface area contributed by atoms with Gasteiger partial charge in [-0.05, 0) is 66.1 Å². The number of hydrogen-bond acceptors (Lipinski definition) is 4. The van der Waals surface area contributed by atoms with Crippen molar-refractivity contribution >= 4 is 20.7 Å². The van der Waals surface area contributed by atoms with Crippen molar-refractivity contribution in [2.45, 2.75) is 29.5 Å². The minimum absolute atomic E-state index is 0.236. The Morgan fingerprint density at radius 2 is 1.43 bits per heavy atom. The molecule has 1 aromatic heterocycles. The second-order valence-electron chi connectivity index (χ2n) is 8.64. The number of rotatable bonds is 7. The zero-order chi connectivity index (χ0) is 24.4. The predicted octanol–water partition coefficient (Wildman–Crippen LogP) is 5.76. The van der Waals surface area contributed by atoms with Gasteiger partial charge in [0.05, 0.1) is 15.5 Å². The number of aromatic amines is 1. The topological polar surface area (TPSA) is 82.2 Å². The minimum atomic E-state index is -3.62. The highest BCUT2D eigenvalue weighted by Gasteiger charge is 2.18. The molecule has 3 N–H and O–H groups in total. The van der Waals surface area contributed by atoms with Crippen LogP contribution in [0.3, 0.4) is 0 Å². The van der Waals surface area contributed by atoms with Crippen LogP contribution in [-0.2, 0) is 16.4 Å². The molecule has 5 rings (SSSR count). The number of nitrogens with one attached hydrogen (secondary N) is 2. The molecular weight excluding hydrogens is 456 g/mol. The average Bonchev–Trinajstić information content (AvgIpc) is 3.31. The molecule has 1 heterocycles. The highest BCUT2D eigenvalue weighted by molar-refractivity contribution is 7.91. The van der Waals surface area contributed by atoms with E-state index in [1.165, 1.54) is 0 Å². The van der Waals surface area contributed by atoms with Crippen LogP contribution in [0, 0.1) is 6.92 Å². The number of aliphatic hydroxyl groups excluding tert-OH is 1. The molecule has 0 fully saturated rings. The Kier molecular flexibility index (Phi) is 6.26. The van der Waals surface area contributed by atoms with E-state index < -0.39 is 16.1 Å². The van der Waals surface area contributed by atoms with Crippen molar-refractivity contribution in [1.29, 1.82) is 0 Å². The van der Waals surface area contributed by atoms with Gasteiger partial charge in [-0.3, -0.25) is 5.32 Å². The van der Waals surface area contributed by atoms with Gasteiger partial charge in [-0.25, -0.2) is 8.42 Å². The van der Waals surface area contributed by atoms with Crippen molar-refractivity contribution in [1.82, 2.24) is 10.3 Å². The third-order valence-corrected chi connectivity index (χ3v) is 7.88. The smallest absolute Gasteiger partial charge is 0.206 e. The molecule has 0 saturated carbocycles. The average molecular weight is 483 g/mol. The lowest BCUT2D eigenvalue weighted by Gasteiger charge is -2.12. The first-order valence-electron chi connectivity index (χ1n) is 11.4. The molecular formula is C29H26N2O3S. The molecule has 0 aliphatic rings. The lowest BCUT2D eigenvalue weighted by Crippen LogP contribution is -2.20. The molecule has 35 heavy (non-hydrogen) atoms. The largest absolute Gasteiger partial charge is 0.373 e. The van der Waals surface area contributed by atoms with Gasteiger partial charge in [0.25, 0.3) is 0 Å². The van der Waals surface area contributed by atoms with Gasteiger partial charge in [0.2, 0.25) is 9.84 Å². The molecule has 5 aromatic rings. The summed E-state index contributed by atoms with van der Waals surface area (Å²) in [5, 5.41) is 14.7. The maximum Gasteiger partial charge on any atom is 0.206 e. The lowest BCUT2D eigenvalue weighted by molar-refractivity contribution is 0.133. The first-order valence-corrected chi connectivity index (χ1v) is 12.9. The molecule has 0 saturated heterocycles. The van der Waals surface area contributed by atoms with Gasteiger partial charge in [0.15, 0.2) is 0 Å². The number of sulfone groups is 1. The number of H-pyrrole nitrogens is 1. The Balaban J connectivity index is 1.26. The van der Waals surface area contributed by atoms with Crippen LogP contribution >= 0.6 is 0 Å². The third kappa shape index (κ3) is 4.91. The molecule has 0 radical (unpaired) electrons. The number of benzene rings is 4. The first kappa shape index (κ1) is 23.1. The van der Waals surface area contributed by atoms with Gasteiger partial charge < -0.3 is 10.1 Å². The van der Waals surface area contributed by atoms with Gasteiger partial charge in [-0.2, -0.15) is 0 Å². The van der Waals surface area contributed by atoms with Crippen molar-refractivity contribution in [2.24, 2.45) is 0 Å². The van der Waals surface area contributed by atoms with Gasteiger partial charge in [0.1, 0.15) is 6.23 Å². The van der Waals surface area contributed by atoms with Crippen LogP contribution in [0.1, 0.15) is 23.0 Å². The van der Waals surface area contributed by atoms with Crippen LogP contribution < -0.4 is 5.32 Å². The van der Waals surface area contributed by atoms with Gasteiger partial charge in [-0.1, -0.05) is 66.2 Å². The highest BCUT2D eigenvalue weighted by atomic mass is 32.2. The standard InChI is InChI=1S/C29H26N2O3S/c1-20-7-16-27-24(17-20)18-28(31-27)29(32)30-19-21-8-12-25(13-9-21)35(33,34)26-14-10-23(11-15-26)22-5-3-2-4-6-22/h2-18,29-32H,19H2,1H3. The summed E-state index contributed by atoms with van der Waals surface area (Å²) in [6.07, 6.45) is -0.866. The molecule has 0 amide bonds. The van der Waals surface area contributed by atoms with E-state index in [2.05, 4.69) is 16.4 Å². The monoisotopic (exact) mass is 482 g/mol. The maximum absolute atomic E-state index is 13.1. The van der Waals surface area contributed by atoms with Crippen molar-refractivity contribution in [3.05, 3.63) is 120 Å². The van der Waals surface area contributed by atoms with E-state index >= 15 is 0 Å². The second kappa shape index (κ2) is 9.50. The summed E-state index contributed by atoms with van der Waals surface area (Å²) in [5.74, 6) is 0. The zero-order valence-electron chi connectivity index (χ0n) is 19.3. The summed E-state index contributed by atoms with van der Waals surface area (Å²) in [6.45, 7) is 2.42. The molecule has 1 atom stereocenters.